The topological polar surface area (TPSA) is 140 Å². The van der Waals surface area contributed by atoms with Crippen LogP contribution in [0, 0.1) is 17.0 Å². The Bertz CT molecular complexity index is 1450. The maximum Gasteiger partial charge on any atom is 0.329 e. The molecule has 162 valence electrons. The highest BCUT2D eigenvalue weighted by molar-refractivity contribution is 5.81. The third-order valence-electron chi connectivity index (χ3n) is 4.95. The fraction of sp³-hybridized carbons (Fsp3) is 0.143. The molecule has 2 N–H and O–H groups in total. The first-order valence-electron chi connectivity index (χ1n) is 9.62. The second-order valence-corrected chi connectivity index (χ2v) is 7.22. The van der Waals surface area contributed by atoms with Crippen LogP contribution in [0.15, 0.2) is 63.2 Å². The molecule has 0 aliphatic rings. The first-order valence-corrected chi connectivity index (χ1v) is 9.62. The molecule has 4 aromatic rings. The Morgan fingerprint density at radius 1 is 1.16 bits per heavy atom. The van der Waals surface area contributed by atoms with E-state index in [1.54, 1.807) is 16.7 Å². The molecule has 4 rings (SSSR count). The molecule has 2 aromatic heterocycles. The number of imidazole rings is 1. The molecule has 2 aromatic carbocycles. The third kappa shape index (κ3) is 4.03. The molecule has 0 aliphatic heterocycles. The van der Waals surface area contributed by atoms with Gasteiger partial charge >= 0.3 is 5.69 Å². The lowest BCUT2D eigenvalue weighted by Gasteiger charge is -2.08. The van der Waals surface area contributed by atoms with Crippen molar-refractivity contribution in [1.82, 2.24) is 19.1 Å². The predicted molar refractivity (Wildman–Crippen MR) is 120 cm³/mol. The van der Waals surface area contributed by atoms with Crippen LogP contribution in [0.1, 0.15) is 16.7 Å². The summed E-state index contributed by atoms with van der Waals surface area (Å²) in [7, 11) is 1.52. The lowest BCUT2D eigenvalue weighted by molar-refractivity contribution is -0.384. The summed E-state index contributed by atoms with van der Waals surface area (Å²) in [6.45, 7) is 2.31. The number of H-pyrrole nitrogens is 1. The number of fused-ring (bicyclic) bond motifs is 1. The highest BCUT2D eigenvalue weighted by Crippen LogP contribution is 2.18. The van der Waals surface area contributed by atoms with Crippen molar-refractivity contribution in [3.63, 3.8) is 0 Å². The fourth-order valence-electron chi connectivity index (χ4n) is 3.20. The lowest BCUT2D eigenvalue weighted by Crippen LogP contribution is -2.29. The number of hydrogen-bond donors (Lipinski definition) is 2. The van der Waals surface area contributed by atoms with E-state index in [1.165, 1.54) is 30.0 Å². The van der Waals surface area contributed by atoms with Gasteiger partial charge in [0.05, 0.1) is 17.7 Å². The predicted octanol–water partition coefficient (Wildman–Crippen LogP) is 2.13. The van der Waals surface area contributed by atoms with Crippen molar-refractivity contribution in [2.75, 3.05) is 5.43 Å². The Hall–Kier alpha value is -4.54. The van der Waals surface area contributed by atoms with Gasteiger partial charge in [0.25, 0.3) is 11.2 Å². The zero-order valence-corrected chi connectivity index (χ0v) is 17.3. The Kier molecular flexibility index (Phi) is 5.37. The fourth-order valence-corrected chi connectivity index (χ4v) is 3.20. The quantitative estimate of drug-likeness (QED) is 0.271. The van der Waals surface area contributed by atoms with Gasteiger partial charge in [0.15, 0.2) is 11.2 Å². The summed E-state index contributed by atoms with van der Waals surface area (Å²) >= 11 is 0. The van der Waals surface area contributed by atoms with Crippen LogP contribution < -0.4 is 16.7 Å². The summed E-state index contributed by atoms with van der Waals surface area (Å²) in [6.07, 6.45) is 1.47. The maximum atomic E-state index is 12.6. The second kappa shape index (κ2) is 8.30. The van der Waals surface area contributed by atoms with Gasteiger partial charge < -0.3 is 0 Å². The minimum atomic E-state index is -0.566. The molecule has 0 fully saturated rings. The molecule has 11 nitrogen and oxygen atoms in total. The van der Waals surface area contributed by atoms with Crippen molar-refractivity contribution in [1.29, 1.82) is 0 Å². The molecule has 32 heavy (non-hydrogen) atoms. The number of aromatic amines is 1. The van der Waals surface area contributed by atoms with Gasteiger partial charge in [-0.05, 0) is 30.2 Å². The van der Waals surface area contributed by atoms with E-state index in [0.29, 0.717) is 12.1 Å². The molecule has 0 bridgehead atoms. The molecule has 11 heteroatoms. The molecule has 0 unspecified atom stereocenters. The summed E-state index contributed by atoms with van der Waals surface area (Å²) in [6, 6.07) is 13.7. The van der Waals surface area contributed by atoms with Crippen LogP contribution in [-0.2, 0) is 13.6 Å². The number of nitrogens with zero attached hydrogens (tertiary/aromatic N) is 5. The number of non-ortho nitro benzene ring substituents is 1. The number of nitrogens with one attached hydrogen (secondary N) is 2. The minimum absolute atomic E-state index is 0.0184. The first kappa shape index (κ1) is 20.7. The molecule has 0 amide bonds. The van der Waals surface area contributed by atoms with Gasteiger partial charge in [-0.3, -0.25) is 29.0 Å². The maximum absolute atomic E-state index is 12.6. The van der Waals surface area contributed by atoms with E-state index in [0.717, 1.165) is 11.1 Å². The average molecular weight is 433 g/mol. The molecule has 0 aliphatic carbocycles. The standard InChI is InChI=1S/C21H19N7O4/c1-13-3-5-15(6-4-13)12-27-17-18(26(2)21(30)24-19(17)29)23-20(27)25-22-11-14-7-9-16(10-8-14)28(31)32/h3-11H,12H2,1-2H3,(H,23,25)(H,24,29,30)/b22-11-. The number of hydrazone groups is 1. The van der Waals surface area contributed by atoms with Gasteiger partial charge in [-0.1, -0.05) is 29.8 Å². The highest BCUT2D eigenvalue weighted by Gasteiger charge is 2.17. The lowest BCUT2D eigenvalue weighted by atomic mass is 10.1. The number of benzene rings is 2. The Morgan fingerprint density at radius 2 is 1.84 bits per heavy atom. The van der Waals surface area contributed by atoms with Gasteiger partial charge in [-0.15, -0.1) is 0 Å². The van der Waals surface area contributed by atoms with Crippen LogP contribution in [0.5, 0.6) is 0 Å². The highest BCUT2D eigenvalue weighted by atomic mass is 16.6. The first-order chi connectivity index (χ1) is 15.3. The van der Waals surface area contributed by atoms with Gasteiger partial charge in [0.2, 0.25) is 5.95 Å². The van der Waals surface area contributed by atoms with E-state index in [9.17, 15) is 19.7 Å². The average Bonchev–Trinajstić information content (AvgIpc) is 3.13. The molecular formula is C21H19N7O4. The van der Waals surface area contributed by atoms with Crippen LogP contribution in [-0.4, -0.2) is 30.2 Å². The third-order valence-corrected chi connectivity index (χ3v) is 4.95. The summed E-state index contributed by atoms with van der Waals surface area (Å²) < 4.78 is 2.90. The zero-order valence-electron chi connectivity index (χ0n) is 17.3. The van der Waals surface area contributed by atoms with Crippen molar-refractivity contribution in [2.45, 2.75) is 13.5 Å². The molecule has 0 radical (unpaired) electrons. The van der Waals surface area contributed by atoms with Crippen LogP contribution in [0.3, 0.4) is 0 Å². The molecule has 0 saturated carbocycles. The van der Waals surface area contributed by atoms with Gasteiger partial charge in [0.1, 0.15) is 0 Å². The molecule has 0 atom stereocenters. The van der Waals surface area contributed by atoms with Crippen molar-refractivity contribution in [3.05, 3.63) is 96.2 Å². The molecule has 2 heterocycles. The van der Waals surface area contributed by atoms with Crippen LogP contribution in [0.4, 0.5) is 11.6 Å². The zero-order chi connectivity index (χ0) is 22.8. The SMILES string of the molecule is Cc1ccc(Cn2c(N/N=C\c3ccc([N+](=O)[O-])cc3)nc3c2c(=O)[nH]c(=O)n3C)cc1. The Labute approximate surface area is 180 Å². The van der Waals surface area contributed by atoms with E-state index in [1.807, 2.05) is 31.2 Å². The molecular weight excluding hydrogens is 414 g/mol. The van der Waals surface area contributed by atoms with E-state index >= 15 is 0 Å². The normalized spacial score (nSPS) is 11.3. The second-order valence-electron chi connectivity index (χ2n) is 7.22. The Balaban J connectivity index is 1.72. The van der Waals surface area contributed by atoms with E-state index in [4.69, 9.17) is 0 Å². The van der Waals surface area contributed by atoms with Crippen LogP contribution >= 0.6 is 0 Å². The number of hydrogen-bond acceptors (Lipinski definition) is 7. The Morgan fingerprint density at radius 3 is 2.50 bits per heavy atom. The van der Waals surface area contributed by atoms with Gasteiger partial charge in [-0.2, -0.15) is 10.1 Å². The number of aryl methyl sites for hydroxylation is 2. The van der Waals surface area contributed by atoms with Crippen LogP contribution in [0.25, 0.3) is 11.2 Å². The van der Waals surface area contributed by atoms with Crippen molar-refractivity contribution >= 4 is 29.0 Å². The molecule has 0 spiro atoms. The van der Waals surface area contributed by atoms with Gasteiger partial charge in [-0.25, -0.2) is 10.2 Å². The number of nitro benzene ring substituents is 1. The smallest absolute Gasteiger partial charge is 0.298 e. The minimum Gasteiger partial charge on any atom is -0.298 e. The van der Waals surface area contributed by atoms with Crippen molar-refractivity contribution in [2.24, 2.45) is 12.1 Å². The molecule has 0 saturated heterocycles. The number of nitro groups is 1. The van der Waals surface area contributed by atoms with E-state index in [-0.39, 0.29) is 22.8 Å². The number of anilines is 1. The summed E-state index contributed by atoms with van der Waals surface area (Å²) in [5.74, 6) is 0.269. The number of rotatable bonds is 6. The van der Waals surface area contributed by atoms with Crippen molar-refractivity contribution < 1.29 is 4.92 Å². The summed E-state index contributed by atoms with van der Waals surface area (Å²) in [4.78, 5) is 41.6. The van der Waals surface area contributed by atoms with Crippen molar-refractivity contribution in [3.8, 4) is 0 Å². The van der Waals surface area contributed by atoms with E-state index in [2.05, 4.69) is 20.5 Å². The monoisotopic (exact) mass is 433 g/mol. The summed E-state index contributed by atoms with van der Waals surface area (Å²) in [5, 5.41) is 14.9. The largest absolute Gasteiger partial charge is 0.329 e. The van der Waals surface area contributed by atoms with E-state index < -0.39 is 16.2 Å². The van der Waals surface area contributed by atoms with Gasteiger partial charge in [0, 0.05) is 19.2 Å². The van der Waals surface area contributed by atoms with Crippen LogP contribution in [0.2, 0.25) is 0 Å². The summed E-state index contributed by atoms with van der Waals surface area (Å²) in [5.41, 5.74) is 4.82. The number of aromatic nitrogens is 4.